The molecule has 1 aliphatic heterocycles. The number of hydrogen-bond acceptors (Lipinski definition) is 4. The van der Waals surface area contributed by atoms with Crippen LogP contribution < -0.4 is 11.1 Å². The molecule has 1 fully saturated rings. The third-order valence-electron chi connectivity index (χ3n) is 3.57. The number of nitrogens with two attached hydrogens (primary N) is 1. The van der Waals surface area contributed by atoms with Crippen molar-refractivity contribution in [2.75, 3.05) is 19.6 Å². The molecule has 2 heterocycles. The smallest absolute Gasteiger partial charge is 0.274 e. The van der Waals surface area contributed by atoms with E-state index in [0.717, 1.165) is 13.0 Å². The van der Waals surface area contributed by atoms with Crippen LogP contribution in [0.2, 0.25) is 0 Å². The Labute approximate surface area is 112 Å². The van der Waals surface area contributed by atoms with E-state index < -0.39 is 5.91 Å². The minimum Gasteiger partial charge on any atom is -0.357 e. The summed E-state index contributed by atoms with van der Waals surface area (Å²) < 4.78 is 0. The van der Waals surface area contributed by atoms with E-state index in [2.05, 4.69) is 22.1 Å². The van der Waals surface area contributed by atoms with Gasteiger partial charge < -0.3 is 10.7 Å². The van der Waals surface area contributed by atoms with Gasteiger partial charge >= 0.3 is 0 Å². The van der Waals surface area contributed by atoms with E-state index in [1.807, 2.05) is 0 Å². The summed E-state index contributed by atoms with van der Waals surface area (Å²) >= 11 is 0. The fourth-order valence-corrected chi connectivity index (χ4v) is 2.50. The molecular weight excluding hydrogens is 244 g/mol. The molecule has 0 aliphatic carbocycles. The summed E-state index contributed by atoms with van der Waals surface area (Å²) in [4.78, 5) is 28.3. The van der Waals surface area contributed by atoms with Gasteiger partial charge in [-0.3, -0.25) is 19.8 Å². The Morgan fingerprint density at radius 2 is 2.37 bits per heavy atom. The highest BCUT2D eigenvalue weighted by Crippen LogP contribution is 2.21. The number of amides is 2. The van der Waals surface area contributed by atoms with Crippen LogP contribution in [0.4, 0.5) is 0 Å². The summed E-state index contributed by atoms with van der Waals surface area (Å²) in [7, 11) is 0. The molecule has 2 amide bonds. The normalized spacial score (nSPS) is 23.5. The SMILES string of the molecule is CC1CC(CN)CN1CC(=O)NC(=O)c1ccc[nH]1. The molecule has 0 bridgehead atoms. The van der Waals surface area contributed by atoms with Gasteiger partial charge in [-0.2, -0.15) is 0 Å². The minimum atomic E-state index is -0.391. The molecule has 2 unspecified atom stereocenters. The highest BCUT2D eigenvalue weighted by atomic mass is 16.2. The number of aromatic amines is 1. The number of likely N-dealkylation sites (tertiary alicyclic amines) is 1. The zero-order valence-corrected chi connectivity index (χ0v) is 11.1. The molecule has 1 saturated heterocycles. The first-order chi connectivity index (χ1) is 9.10. The predicted octanol–water partition coefficient (Wildman–Crippen LogP) is -0.0598. The molecule has 1 aromatic rings. The number of nitrogens with one attached hydrogen (secondary N) is 2. The summed E-state index contributed by atoms with van der Waals surface area (Å²) in [5.41, 5.74) is 6.04. The van der Waals surface area contributed by atoms with Crippen molar-refractivity contribution in [2.24, 2.45) is 11.7 Å². The van der Waals surface area contributed by atoms with Gasteiger partial charge in [0.05, 0.1) is 6.54 Å². The average molecular weight is 264 g/mol. The van der Waals surface area contributed by atoms with Gasteiger partial charge in [-0.1, -0.05) is 0 Å². The van der Waals surface area contributed by atoms with E-state index >= 15 is 0 Å². The van der Waals surface area contributed by atoms with Crippen LogP contribution >= 0.6 is 0 Å². The maximum atomic E-state index is 11.8. The summed E-state index contributed by atoms with van der Waals surface area (Å²) in [6.45, 7) is 3.78. The fraction of sp³-hybridized carbons (Fsp3) is 0.538. The number of aromatic nitrogens is 1. The van der Waals surface area contributed by atoms with E-state index in [-0.39, 0.29) is 12.5 Å². The Kier molecular flexibility index (Phi) is 4.34. The molecule has 0 spiro atoms. The Hall–Kier alpha value is -1.66. The number of carbonyl (C=O) groups is 2. The predicted molar refractivity (Wildman–Crippen MR) is 71.5 cm³/mol. The van der Waals surface area contributed by atoms with E-state index in [4.69, 9.17) is 5.73 Å². The van der Waals surface area contributed by atoms with E-state index in [1.165, 1.54) is 0 Å². The lowest BCUT2D eigenvalue weighted by molar-refractivity contribution is -0.121. The fourth-order valence-electron chi connectivity index (χ4n) is 2.50. The molecule has 0 radical (unpaired) electrons. The first kappa shape index (κ1) is 13.8. The topological polar surface area (TPSA) is 91.2 Å². The maximum absolute atomic E-state index is 11.8. The van der Waals surface area contributed by atoms with Crippen molar-refractivity contribution in [3.05, 3.63) is 24.0 Å². The van der Waals surface area contributed by atoms with Crippen LogP contribution in [0.25, 0.3) is 0 Å². The van der Waals surface area contributed by atoms with Gasteiger partial charge in [0.1, 0.15) is 5.69 Å². The van der Waals surface area contributed by atoms with Crippen LogP contribution in [0.3, 0.4) is 0 Å². The average Bonchev–Trinajstić information content (AvgIpc) is 2.99. The Balaban J connectivity index is 1.83. The van der Waals surface area contributed by atoms with Gasteiger partial charge in [0.15, 0.2) is 0 Å². The molecule has 104 valence electrons. The van der Waals surface area contributed by atoms with Crippen molar-refractivity contribution < 1.29 is 9.59 Å². The molecular formula is C13H20N4O2. The second-order valence-corrected chi connectivity index (χ2v) is 5.08. The number of imide groups is 1. The quantitative estimate of drug-likeness (QED) is 0.710. The van der Waals surface area contributed by atoms with Crippen molar-refractivity contribution in [3.63, 3.8) is 0 Å². The minimum absolute atomic E-state index is 0.240. The van der Waals surface area contributed by atoms with Crippen LogP contribution in [-0.4, -0.2) is 47.4 Å². The first-order valence-electron chi connectivity index (χ1n) is 6.52. The highest BCUT2D eigenvalue weighted by Gasteiger charge is 2.29. The molecule has 6 nitrogen and oxygen atoms in total. The standard InChI is InChI=1S/C13H20N4O2/c1-9-5-10(6-14)7-17(9)8-12(18)16-13(19)11-3-2-4-15-11/h2-4,9-10,15H,5-8,14H2,1H3,(H,16,18,19). The molecule has 1 aromatic heterocycles. The van der Waals surface area contributed by atoms with E-state index in [1.54, 1.807) is 18.3 Å². The van der Waals surface area contributed by atoms with Crippen LogP contribution in [0, 0.1) is 5.92 Å². The molecule has 0 aromatic carbocycles. The van der Waals surface area contributed by atoms with Gasteiger partial charge in [0, 0.05) is 18.8 Å². The summed E-state index contributed by atoms with van der Waals surface area (Å²) in [6, 6.07) is 3.68. The second kappa shape index (κ2) is 5.99. The zero-order chi connectivity index (χ0) is 13.8. The third kappa shape index (κ3) is 3.42. The van der Waals surface area contributed by atoms with Crippen LogP contribution in [0.5, 0.6) is 0 Å². The van der Waals surface area contributed by atoms with Crippen molar-refractivity contribution in [1.82, 2.24) is 15.2 Å². The Bertz CT molecular complexity index is 444. The van der Waals surface area contributed by atoms with Gasteiger partial charge in [0.2, 0.25) is 5.91 Å². The molecule has 2 atom stereocenters. The monoisotopic (exact) mass is 264 g/mol. The maximum Gasteiger partial charge on any atom is 0.274 e. The molecule has 4 N–H and O–H groups in total. The lowest BCUT2D eigenvalue weighted by atomic mass is 10.1. The van der Waals surface area contributed by atoms with Gasteiger partial charge in [-0.15, -0.1) is 0 Å². The zero-order valence-electron chi connectivity index (χ0n) is 11.1. The summed E-state index contributed by atoms with van der Waals surface area (Å²) in [5, 5.41) is 2.38. The van der Waals surface area contributed by atoms with E-state index in [0.29, 0.717) is 24.2 Å². The van der Waals surface area contributed by atoms with Gasteiger partial charge in [0.25, 0.3) is 5.91 Å². The van der Waals surface area contributed by atoms with Gasteiger partial charge in [-0.25, -0.2) is 0 Å². The summed E-state index contributed by atoms with van der Waals surface area (Å²) in [6.07, 6.45) is 2.65. The van der Waals surface area contributed by atoms with Crippen molar-refractivity contribution >= 4 is 11.8 Å². The lowest BCUT2D eigenvalue weighted by Gasteiger charge is -2.19. The van der Waals surface area contributed by atoms with Crippen molar-refractivity contribution in [1.29, 1.82) is 0 Å². The van der Waals surface area contributed by atoms with Crippen molar-refractivity contribution in [2.45, 2.75) is 19.4 Å². The van der Waals surface area contributed by atoms with Crippen LogP contribution in [0.15, 0.2) is 18.3 Å². The lowest BCUT2D eigenvalue weighted by Crippen LogP contribution is -2.41. The Morgan fingerprint density at radius 3 is 2.95 bits per heavy atom. The molecule has 0 saturated carbocycles. The van der Waals surface area contributed by atoms with Crippen molar-refractivity contribution in [3.8, 4) is 0 Å². The number of carbonyl (C=O) groups excluding carboxylic acids is 2. The van der Waals surface area contributed by atoms with Gasteiger partial charge in [-0.05, 0) is 37.9 Å². The number of H-pyrrole nitrogens is 1. The largest absolute Gasteiger partial charge is 0.357 e. The molecule has 1 aliphatic rings. The van der Waals surface area contributed by atoms with E-state index in [9.17, 15) is 9.59 Å². The molecule has 19 heavy (non-hydrogen) atoms. The second-order valence-electron chi connectivity index (χ2n) is 5.08. The number of nitrogens with zero attached hydrogens (tertiary/aromatic N) is 1. The summed E-state index contributed by atoms with van der Waals surface area (Å²) in [5.74, 6) is -0.219. The molecule has 2 rings (SSSR count). The van der Waals surface area contributed by atoms with Crippen LogP contribution in [0.1, 0.15) is 23.8 Å². The molecule has 6 heteroatoms. The Morgan fingerprint density at radius 1 is 1.58 bits per heavy atom. The third-order valence-corrected chi connectivity index (χ3v) is 3.57. The highest BCUT2D eigenvalue weighted by molar-refractivity contribution is 6.04. The van der Waals surface area contributed by atoms with Crippen LogP contribution in [-0.2, 0) is 4.79 Å². The first-order valence-corrected chi connectivity index (χ1v) is 6.52. The number of rotatable bonds is 4. The number of hydrogen-bond donors (Lipinski definition) is 3.